The van der Waals surface area contributed by atoms with Crippen molar-refractivity contribution in [3.8, 4) is 0 Å². The van der Waals surface area contributed by atoms with E-state index in [1.54, 1.807) is 0 Å². The third-order valence-corrected chi connectivity index (χ3v) is 3.87. The number of alkyl carbamates (subject to hydrolysis) is 1. The van der Waals surface area contributed by atoms with Gasteiger partial charge in [0.15, 0.2) is 0 Å². The lowest BCUT2D eigenvalue weighted by Crippen LogP contribution is -2.37. The predicted octanol–water partition coefficient (Wildman–Crippen LogP) is 3.17. The highest BCUT2D eigenvalue weighted by atomic mass is 16.5. The molecular weight excluding hydrogens is 278 g/mol. The van der Waals surface area contributed by atoms with Crippen LogP contribution in [0.4, 0.5) is 4.79 Å². The third kappa shape index (κ3) is 4.48. The van der Waals surface area contributed by atoms with E-state index in [4.69, 9.17) is 0 Å². The van der Waals surface area contributed by atoms with Crippen LogP contribution in [0, 0.1) is 0 Å². The Balaban J connectivity index is 2.01. The van der Waals surface area contributed by atoms with Crippen molar-refractivity contribution >= 4 is 12.1 Å². The van der Waals surface area contributed by atoms with E-state index in [-0.39, 0.29) is 6.04 Å². The average Bonchev–Trinajstić information content (AvgIpc) is 3.00. The summed E-state index contributed by atoms with van der Waals surface area (Å²) < 4.78 is 4.58. The van der Waals surface area contributed by atoms with E-state index in [1.807, 2.05) is 6.07 Å². The van der Waals surface area contributed by atoms with Crippen LogP contribution in [-0.2, 0) is 11.2 Å². The van der Waals surface area contributed by atoms with Gasteiger partial charge >= 0.3 is 6.09 Å². The van der Waals surface area contributed by atoms with Crippen LogP contribution in [0.5, 0.6) is 0 Å². The van der Waals surface area contributed by atoms with E-state index < -0.39 is 6.09 Å². The molecule has 0 saturated heterocycles. The van der Waals surface area contributed by atoms with Crippen molar-refractivity contribution < 1.29 is 9.53 Å². The highest BCUT2D eigenvalue weighted by Crippen LogP contribution is 2.25. The third-order valence-electron chi connectivity index (χ3n) is 3.87. The van der Waals surface area contributed by atoms with E-state index in [2.05, 4.69) is 45.5 Å². The highest BCUT2D eigenvalue weighted by molar-refractivity contribution is 5.94. The molecule has 22 heavy (non-hydrogen) atoms. The number of carbonyl (C=O) groups excluding carboxylic acids is 1. The van der Waals surface area contributed by atoms with Gasteiger partial charge < -0.3 is 10.1 Å². The summed E-state index contributed by atoms with van der Waals surface area (Å²) in [5.41, 5.74) is 2.60. The SMILES string of the molecule is CCCCCCc1ccccc1C1CNC(NC(=O)OC)=N1. The standard InChI is InChI=1S/C17H25N3O2/c1-3-4-5-6-9-13-10-7-8-11-14(13)15-12-18-16(19-15)20-17(21)22-2/h7-8,10-11,15H,3-6,9,12H2,1-2H3,(H2,18,19,20,21). The molecule has 1 aromatic carbocycles. The summed E-state index contributed by atoms with van der Waals surface area (Å²) in [6.45, 7) is 2.92. The van der Waals surface area contributed by atoms with E-state index in [0.717, 1.165) is 6.42 Å². The number of unbranched alkanes of at least 4 members (excludes halogenated alkanes) is 3. The Morgan fingerprint density at radius 3 is 2.95 bits per heavy atom. The second-order valence-corrected chi connectivity index (χ2v) is 5.50. The molecule has 1 aliphatic heterocycles. The first-order valence-corrected chi connectivity index (χ1v) is 7.99. The minimum Gasteiger partial charge on any atom is -0.453 e. The molecule has 1 aromatic rings. The Morgan fingerprint density at radius 2 is 2.18 bits per heavy atom. The van der Waals surface area contributed by atoms with Crippen LogP contribution >= 0.6 is 0 Å². The summed E-state index contributed by atoms with van der Waals surface area (Å²) in [6, 6.07) is 8.49. The molecule has 1 unspecified atom stereocenters. The van der Waals surface area contributed by atoms with Gasteiger partial charge in [-0.1, -0.05) is 50.5 Å². The summed E-state index contributed by atoms with van der Waals surface area (Å²) >= 11 is 0. The van der Waals surface area contributed by atoms with Crippen molar-refractivity contribution in [3.05, 3.63) is 35.4 Å². The highest BCUT2D eigenvalue weighted by Gasteiger charge is 2.21. The fourth-order valence-corrected chi connectivity index (χ4v) is 2.67. The van der Waals surface area contributed by atoms with Crippen LogP contribution in [-0.4, -0.2) is 25.7 Å². The summed E-state index contributed by atoms with van der Waals surface area (Å²) in [5, 5.41) is 5.70. The van der Waals surface area contributed by atoms with Crippen LogP contribution < -0.4 is 10.6 Å². The number of ether oxygens (including phenoxy) is 1. The number of benzene rings is 1. The number of carbonyl (C=O) groups is 1. The van der Waals surface area contributed by atoms with Gasteiger partial charge in [0.1, 0.15) is 0 Å². The molecule has 1 amide bonds. The van der Waals surface area contributed by atoms with Crippen molar-refractivity contribution in [3.63, 3.8) is 0 Å². The molecule has 0 fully saturated rings. The maximum absolute atomic E-state index is 11.2. The zero-order valence-electron chi connectivity index (χ0n) is 13.4. The maximum atomic E-state index is 11.2. The van der Waals surface area contributed by atoms with E-state index in [0.29, 0.717) is 12.5 Å². The van der Waals surface area contributed by atoms with E-state index in [1.165, 1.54) is 43.9 Å². The molecule has 1 atom stereocenters. The smallest absolute Gasteiger partial charge is 0.413 e. The lowest BCUT2D eigenvalue weighted by atomic mass is 9.96. The second kappa shape index (κ2) is 8.41. The minimum atomic E-state index is -0.500. The number of hydrogen-bond acceptors (Lipinski definition) is 4. The molecule has 0 bridgehead atoms. The largest absolute Gasteiger partial charge is 0.453 e. The number of guanidine groups is 1. The van der Waals surface area contributed by atoms with Gasteiger partial charge in [0.2, 0.25) is 5.96 Å². The quantitative estimate of drug-likeness (QED) is 0.793. The van der Waals surface area contributed by atoms with Crippen molar-refractivity contribution in [2.45, 2.75) is 45.1 Å². The fraction of sp³-hybridized carbons (Fsp3) is 0.529. The van der Waals surface area contributed by atoms with E-state index >= 15 is 0 Å². The van der Waals surface area contributed by atoms with Gasteiger partial charge in [-0.3, -0.25) is 5.32 Å². The van der Waals surface area contributed by atoms with Gasteiger partial charge in [0.25, 0.3) is 0 Å². The Labute approximate surface area is 132 Å². The number of aliphatic imine (C=N–C) groups is 1. The fourth-order valence-electron chi connectivity index (χ4n) is 2.67. The molecule has 0 radical (unpaired) electrons. The molecule has 5 heteroatoms. The van der Waals surface area contributed by atoms with Crippen LogP contribution in [0.25, 0.3) is 0 Å². The van der Waals surface area contributed by atoms with Gasteiger partial charge in [-0.2, -0.15) is 0 Å². The molecule has 0 saturated carbocycles. The molecule has 2 rings (SSSR count). The number of aryl methyl sites for hydroxylation is 1. The van der Waals surface area contributed by atoms with Gasteiger partial charge in [-0.25, -0.2) is 9.79 Å². The van der Waals surface area contributed by atoms with Crippen LogP contribution in [0.3, 0.4) is 0 Å². The van der Waals surface area contributed by atoms with E-state index in [9.17, 15) is 4.79 Å². The van der Waals surface area contributed by atoms with Crippen molar-refractivity contribution in [1.82, 2.24) is 10.6 Å². The van der Waals surface area contributed by atoms with Crippen LogP contribution in [0.15, 0.2) is 29.3 Å². The first-order chi connectivity index (χ1) is 10.7. The van der Waals surface area contributed by atoms with Crippen molar-refractivity contribution in [1.29, 1.82) is 0 Å². The average molecular weight is 303 g/mol. The number of amides is 1. The van der Waals surface area contributed by atoms with Gasteiger partial charge in [0.05, 0.1) is 13.2 Å². The normalized spacial score (nSPS) is 16.8. The molecule has 0 aromatic heterocycles. The molecular formula is C17H25N3O2. The number of hydrogen-bond donors (Lipinski definition) is 2. The topological polar surface area (TPSA) is 62.7 Å². The summed E-state index contributed by atoms with van der Waals surface area (Å²) in [4.78, 5) is 15.8. The molecule has 0 aliphatic carbocycles. The van der Waals surface area contributed by atoms with Crippen LogP contribution in [0.1, 0.15) is 49.8 Å². The number of nitrogens with one attached hydrogen (secondary N) is 2. The lowest BCUT2D eigenvalue weighted by molar-refractivity contribution is 0.176. The predicted molar refractivity (Wildman–Crippen MR) is 88.0 cm³/mol. The molecule has 120 valence electrons. The zero-order chi connectivity index (χ0) is 15.8. The van der Waals surface area contributed by atoms with Crippen molar-refractivity contribution in [2.24, 2.45) is 4.99 Å². The maximum Gasteiger partial charge on any atom is 0.413 e. The van der Waals surface area contributed by atoms with Gasteiger partial charge in [-0.15, -0.1) is 0 Å². The zero-order valence-corrected chi connectivity index (χ0v) is 13.4. The van der Waals surface area contributed by atoms with Crippen LogP contribution in [0.2, 0.25) is 0 Å². The molecule has 2 N–H and O–H groups in total. The molecule has 0 spiro atoms. The molecule has 5 nitrogen and oxygen atoms in total. The van der Waals surface area contributed by atoms with Crippen molar-refractivity contribution in [2.75, 3.05) is 13.7 Å². The second-order valence-electron chi connectivity index (χ2n) is 5.50. The van der Waals surface area contributed by atoms with Gasteiger partial charge in [0, 0.05) is 6.54 Å². The molecule has 1 aliphatic rings. The number of methoxy groups -OCH3 is 1. The Bertz CT molecular complexity index is 528. The Kier molecular flexibility index (Phi) is 6.25. The first-order valence-electron chi connectivity index (χ1n) is 7.99. The summed E-state index contributed by atoms with van der Waals surface area (Å²) in [7, 11) is 1.34. The summed E-state index contributed by atoms with van der Waals surface area (Å²) in [6.07, 6.45) is 5.61. The number of rotatable bonds is 6. The lowest BCUT2D eigenvalue weighted by Gasteiger charge is -2.12. The Morgan fingerprint density at radius 1 is 1.36 bits per heavy atom. The molecule has 1 heterocycles. The minimum absolute atomic E-state index is 0.0505. The first kappa shape index (κ1) is 16.3. The van der Waals surface area contributed by atoms with Gasteiger partial charge in [-0.05, 0) is 24.0 Å². The summed E-state index contributed by atoms with van der Waals surface area (Å²) in [5.74, 6) is 0.484. The Hall–Kier alpha value is -2.04. The monoisotopic (exact) mass is 303 g/mol. The number of nitrogens with zero attached hydrogens (tertiary/aromatic N) is 1.